The molecule has 0 spiro atoms. The maximum absolute atomic E-state index is 6.91. The lowest BCUT2D eigenvalue weighted by Crippen LogP contribution is -2.29. The lowest BCUT2D eigenvalue weighted by Gasteiger charge is -2.34. The van der Waals surface area contributed by atoms with E-state index in [4.69, 9.17) is 11.6 Å². The second-order valence-corrected chi connectivity index (χ2v) is 6.97. The standard InChI is InChI=1S/C20H23ClN2/c21-19-18-9-11-22-10-8-16(18)13-17-7-4-12-23(20(17)19)14-15-5-2-1-3-6-15/h1-3,5-6,13,22H,4,7-12,14H2. The van der Waals surface area contributed by atoms with Gasteiger partial charge in [-0.1, -0.05) is 48.0 Å². The largest absolute Gasteiger partial charge is 0.366 e. The van der Waals surface area contributed by atoms with Gasteiger partial charge in [-0.15, -0.1) is 0 Å². The highest BCUT2D eigenvalue weighted by molar-refractivity contribution is 6.34. The Labute approximate surface area is 143 Å². The Morgan fingerprint density at radius 2 is 1.83 bits per heavy atom. The van der Waals surface area contributed by atoms with Crippen molar-refractivity contribution in [2.75, 3.05) is 24.5 Å². The van der Waals surface area contributed by atoms with Crippen LogP contribution < -0.4 is 10.2 Å². The number of nitrogens with one attached hydrogen (secondary N) is 1. The van der Waals surface area contributed by atoms with E-state index in [0.717, 1.165) is 50.5 Å². The molecule has 0 saturated heterocycles. The maximum Gasteiger partial charge on any atom is 0.0677 e. The van der Waals surface area contributed by atoms with Crippen LogP contribution in [0.1, 0.15) is 28.7 Å². The Morgan fingerprint density at radius 1 is 1.00 bits per heavy atom. The summed E-state index contributed by atoms with van der Waals surface area (Å²) in [7, 11) is 0. The summed E-state index contributed by atoms with van der Waals surface area (Å²) in [4.78, 5) is 2.48. The molecule has 2 aliphatic rings. The van der Waals surface area contributed by atoms with Gasteiger partial charge in [0.2, 0.25) is 0 Å². The highest BCUT2D eigenvalue weighted by Crippen LogP contribution is 2.40. The summed E-state index contributed by atoms with van der Waals surface area (Å²) < 4.78 is 0. The van der Waals surface area contributed by atoms with Gasteiger partial charge in [0.15, 0.2) is 0 Å². The molecule has 0 bridgehead atoms. The molecule has 2 nitrogen and oxygen atoms in total. The molecular weight excluding hydrogens is 304 g/mol. The molecule has 1 N–H and O–H groups in total. The highest BCUT2D eigenvalue weighted by atomic mass is 35.5. The topological polar surface area (TPSA) is 15.3 Å². The van der Waals surface area contributed by atoms with E-state index in [9.17, 15) is 0 Å². The molecule has 3 heteroatoms. The minimum Gasteiger partial charge on any atom is -0.366 e. The molecule has 0 aliphatic carbocycles. The molecule has 2 aliphatic heterocycles. The van der Waals surface area contributed by atoms with Crippen LogP contribution in [0.3, 0.4) is 0 Å². The summed E-state index contributed by atoms with van der Waals surface area (Å²) in [5.74, 6) is 0. The molecule has 0 saturated carbocycles. The quantitative estimate of drug-likeness (QED) is 0.898. The van der Waals surface area contributed by atoms with Gasteiger partial charge in [-0.2, -0.15) is 0 Å². The van der Waals surface area contributed by atoms with Gasteiger partial charge >= 0.3 is 0 Å². The van der Waals surface area contributed by atoms with Gasteiger partial charge in [0, 0.05) is 13.1 Å². The first-order valence-electron chi connectivity index (χ1n) is 8.65. The molecule has 0 aromatic heterocycles. The van der Waals surface area contributed by atoms with E-state index in [1.54, 1.807) is 0 Å². The third kappa shape index (κ3) is 2.98. The molecule has 4 rings (SSSR count). The molecule has 0 radical (unpaired) electrons. The Morgan fingerprint density at radius 3 is 2.70 bits per heavy atom. The summed E-state index contributed by atoms with van der Waals surface area (Å²) in [6, 6.07) is 13.1. The smallest absolute Gasteiger partial charge is 0.0677 e. The van der Waals surface area contributed by atoms with E-state index >= 15 is 0 Å². The monoisotopic (exact) mass is 326 g/mol. The lowest BCUT2D eigenvalue weighted by atomic mass is 9.93. The summed E-state index contributed by atoms with van der Waals surface area (Å²) in [5, 5.41) is 4.50. The van der Waals surface area contributed by atoms with E-state index in [0.29, 0.717) is 0 Å². The Balaban J connectivity index is 1.73. The minimum absolute atomic E-state index is 0.949. The van der Waals surface area contributed by atoms with Gasteiger partial charge in [-0.05, 0) is 61.0 Å². The number of aryl methyl sites for hydroxylation is 1. The van der Waals surface area contributed by atoms with Crippen molar-refractivity contribution >= 4 is 17.3 Å². The van der Waals surface area contributed by atoms with Crippen molar-refractivity contribution in [1.82, 2.24) is 5.32 Å². The summed E-state index contributed by atoms with van der Waals surface area (Å²) in [6.07, 6.45) is 4.51. The number of hydrogen-bond donors (Lipinski definition) is 1. The van der Waals surface area contributed by atoms with Gasteiger partial charge < -0.3 is 10.2 Å². The Bertz CT molecular complexity index is 697. The van der Waals surface area contributed by atoms with Crippen LogP contribution in [0, 0.1) is 0 Å². The molecule has 0 fully saturated rings. The molecule has 0 amide bonds. The van der Waals surface area contributed by atoms with Crippen LogP contribution in [0.5, 0.6) is 0 Å². The molecule has 120 valence electrons. The second kappa shape index (κ2) is 6.54. The number of halogens is 1. The van der Waals surface area contributed by atoms with Gasteiger partial charge in [0.25, 0.3) is 0 Å². The van der Waals surface area contributed by atoms with E-state index < -0.39 is 0 Å². The van der Waals surface area contributed by atoms with Crippen LogP contribution in [0.2, 0.25) is 5.02 Å². The van der Waals surface area contributed by atoms with Crippen LogP contribution in [-0.4, -0.2) is 19.6 Å². The fourth-order valence-corrected chi connectivity index (χ4v) is 4.37. The average molecular weight is 327 g/mol. The molecule has 2 aromatic carbocycles. The Kier molecular flexibility index (Phi) is 4.28. The first kappa shape index (κ1) is 15.0. The fraction of sp³-hybridized carbons (Fsp3) is 0.400. The van der Waals surface area contributed by atoms with Gasteiger partial charge in [-0.25, -0.2) is 0 Å². The highest BCUT2D eigenvalue weighted by Gasteiger charge is 2.24. The molecular formula is C20H23ClN2. The summed E-state index contributed by atoms with van der Waals surface area (Å²) in [5.41, 5.74) is 6.92. The number of fused-ring (bicyclic) bond motifs is 2. The first-order valence-corrected chi connectivity index (χ1v) is 9.03. The van der Waals surface area contributed by atoms with Crippen LogP contribution >= 0.6 is 11.6 Å². The van der Waals surface area contributed by atoms with Crippen molar-refractivity contribution in [2.45, 2.75) is 32.2 Å². The lowest BCUT2D eigenvalue weighted by molar-refractivity contribution is 0.689. The van der Waals surface area contributed by atoms with Gasteiger partial charge in [0.05, 0.1) is 10.7 Å². The average Bonchev–Trinajstić information content (AvgIpc) is 2.82. The third-order valence-electron chi connectivity index (χ3n) is 5.04. The SMILES string of the molecule is Clc1c2c(cc3c1N(Cc1ccccc1)CCC3)CCNCC2. The normalized spacial score (nSPS) is 17.3. The predicted molar refractivity (Wildman–Crippen MR) is 97.5 cm³/mol. The van der Waals surface area contributed by atoms with Crippen molar-refractivity contribution in [3.05, 3.63) is 63.7 Å². The van der Waals surface area contributed by atoms with Crippen molar-refractivity contribution in [3.63, 3.8) is 0 Å². The summed E-state index contributed by atoms with van der Waals surface area (Å²) in [6.45, 7) is 4.14. The minimum atomic E-state index is 0.949. The van der Waals surface area contributed by atoms with Crippen LogP contribution in [0.4, 0.5) is 5.69 Å². The molecule has 2 aromatic rings. The number of hydrogen-bond acceptors (Lipinski definition) is 2. The van der Waals surface area contributed by atoms with E-state index in [2.05, 4.69) is 46.6 Å². The van der Waals surface area contributed by atoms with Crippen molar-refractivity contribution in [3.8, 4) is 0 Å². The number of rotatable bonds is 2. The molecule has 23 heavy (non-hydrogen) atoms. The molecule has 0 atom stereocenters. The Hall–Kier alpha value is -1.51. The molecule has 2 heterocycles. The van der Waals surface area contributed by atoms with Crippen LogP contribution in [0.25, 0.3) is 0 Å². The number of anilines is 1. The van der Waals surface area contributed by atoms with Gasteiger partial charge in [0.1, 0.15) is 0 Å². The van der Waals surface area contributed by atoms with E-state index in [1.165, 1.54) is 34.4 Å². The number of nitrogens with zero attached hydrogens (tertiary/aromatic N) is 1. The van der Waals surface area contributed by atoms with E-state index in [1.807, 2.05) is 0 Å². The predicted octanol–water partition coefficient (Wildman–Crippen LogP) is 3.98. The summed E-state index contributed by atoms with van der Waals surface area (Å²) >= 11 is 6.91. The zero-order valence-electron chi connectivity index (χ0n) is 13.4. The van der Waals surface area contributed by atoms with Crippen molar-refractivity contribution in [1.29, 1.82) is 0 Å². The first-order chi connectivity index (χ1) is 11.3. The van der Waals surface area contributed by atoms with Crippen LogP contribution in [-0.2, 0) is 25.8 Å². The molecule has 0 unspecified atom stereocenters. The zero-order chi connectivity index (χ0) is 15.6. The third-order valence-corrected chi connectivity index (χ3v) is 5.45. The second-order valence-electron chi connectivity index (χ2n) is 6.60. The number of benzene rings is 2. The van der Waals surface area contributed by atoms with Crippen LogP contribution in [0.15, 0.2) is 36.4 Å². The van der Waals surface area contributed by atoms with Crippen molar-refractivity contribution in [2.24, 2.45) is 0 Å². The van der Waals surface area contributed by atoms with E-state index in [-0.39, 0.29) is 0 Å². The van der Waals surface area contributed by atoms with Crippen molar-refractivity contribution < 1.29 is 0 Å². The zero-order valence-corrected chi connectivity index (χ0v) is 14.2. The fourth-order valence-electron chi connectivity index (χ4n) is 3.91. The maximum atomic E-state index is 6.91. The van der Waals surface area contributed by atoms with Gasteiger partial charge in [-0.3, -0.25) is 0 Å².